The zero-order chi connectivity index (χ0) is 36.6. The summed E-state index contributed by atoms with van der Waals surface area (Å²) in [7, 11) is 0. The molecule has 0 bridgehead atoms. The molecule has 258 valence electrons. The first kappa shape index (κ1) is 32.2. The third-order valence-corrected chi connectivity index (χ3v) is 10.2. The quantitative estimate of drug-likeness (QED) is 0.166. The lowest BCUT2D eigenvalue weighted by atomic mass is 10.0. The van der Waals surface area contributed by atoms with Gasteiger partial charge < -0.3 is 4.57 Å². The van der Waals surface area contributed by atoms with Crippen molar-refractivity contribution in [1.29, 1.82) is 0 Å². The molecule has 10 rings (SSSR count). The molecule has 0 atom stereocenters. The van der Waals surface area contributed by atoms with Crippen LogP contribution in [0.5, 0.6) is 0 Å². The van der Waals surface area contributed by atoms with Gasteiger partial charge in [-0.25, -0.2) is 15.0 Å². The summed E-state index contributed by atoms with van der Waals surface area (Å²) in [6.07, 6.45) is 3.69. The van der Waals surface area contributed by atoms with Crippen LogP contribution in [0.3, 0.4) is 0 Å². The molecule has 3 heterocycles. The maximum Gasteiger partial charge on any atom is 0.164 e. The lowest BCUT2D eigenvalue weighted by Gasteiger charge is -2.16. The second-order valence-corrected chi connectivity index (χ2v) is 13.5. The summed E-state index contributed by atoms with van der Waals surface area (Å²) in [6, 6.07) is 65.7. The first-order valence-corrected chi connectivity index (χ1v) is 18.4. The van der Waals surface area contributed by atoms with E-state index < -0.39 is 0 Å². The Morgan fingerprint density at radius 3 is 1.20 bits per heavy atom. The topological polar surface area (TPSA) is 56.5 Å². The maximum atomic E-state index is 5.06. The van der Waals surface area contributed by atoms with E-state index in [4.69, 9.17) is 15.0 Å². The molecule has 10 aromatic rings. The van der Waals surface area contributed by atoms with Crippen molar-refractivity contribution in [3.63, 3.8) is 0 Å². The standard InChI is InChI=1S/C50H33N5/c1-5-13-34(14-6-1)39-21-24-46-43(31-39)44-32-40(35-15-7-2-8-16-35)22-25-47(44)55(46)45-26-23-41(33-42(45)36-27-29-51-30-28-36)50-53-48(37-17-9-3-10-18-37)52-49(54-50)38-19-11-4-12-20-38/h1-33H. The smallest absolute Gasteiger partial charge is 0.164 e. The largest absolute Gasteiger partial charge is 0.309 e. The summed E-state index contributed by atoms with van der Waals surface area (Å²) in [5.74, 6) is 1.87. The Morgan fingerprint density at radius 1 is 0.309 bits per heavy atom. The maximum absolute atomic E-state index is 5.06. The van der Waals surface area contributed by atoms with Crippen LogP contribution in [-0.2, 0) is 0 Å². The summed E-state index contributed by atoms with van der Waals surface area (Å²) < 4.78 is 2.39. The Kier molecular flexibility index (Phi) is 8.08. The fourth-order valence-electron chi connectivity index (χ4n) is 7.47. The van der Waals surface area contributed by atoms with Gasteiger partial charge in [0, 0.05) is 45.4 Å². The van der Waals surface area contributed by atoms with Crippen LogP contribution in [0.1, 0.15) is 0 Å². The Hall–Kier alpha value is -7.50. The van der Waals surface area contributed by atoms with Gasteiger partial charge in [-0.1, -0.05) is 133 Å². The van der Waals surface area contributed by atoms with Gasteiger partial charge in [0.15, 0.2) is 17.5 Å². The van der Waals surface area contributed by atoms with Gasteiger partial charge in [-0.2, -0.15) is 0 Å². The van der Waals surface area contributed by atoms with Gasteiger partial charge in [0.25, 0.3) is 0 Å². The molecule has 0 unspecified atom stereocenters. The summed E-state index contributed by atoms with van der Waals surface area (Å²) in [5, 5.41) is 2.38. The van der Waals surface area contributed by atoms with Crippen LogP contribution < -0.4 is 0 Å². The average Bonchev–Trinajstić information content (AvgIpc) is 3.60. The Morgan fingerprint density at radius 2 is 0.727 bits per heavy atom. The first-order chi connectivity index (χ1) is 27.3. The van der Waals surface area contributed by atoms with Gasteiger partial charge >= 0.3 is 0 Å². The number of rotatable bonds is 7. The second kappa shape index (κ2) is 13.8. The summed E-state index contributed by atoms with van der Waals surface area (Å²) in [5.41, 5.74) is 12.9. The second-order valence-electron chi connectivity index (χ2n) is 13.5. The molecule has 0 aliphatic rings. The number of pyridine rings is 1. The van der Waals surface area contributed by atoms with Crippen LogP contribution in [0.25, 0.3) is 95.0 Å². The third kappa shape index (κ3) is 6.04. The molecule has 0 N–H and O–H groups in total. The molecule has 0 aliphatic heterocycles. The number of hydrogen-bond acceptors (Lipinski definition) is 4. The summed E-state index contributed by atoms with van der Waals surface area (Å²) in [4.78, 5) is 19.4. The predicted molar refractivity (Wildman–Crippen MR) is 225 cm³/mol. The van der Waals surface area contributed by atoms with Crippen LogP contribution in [0.2, 0.25) is 0 Å². The zero-order valence-electron chi connectivity index (χ0n) is 29.8. The van der Waals surface area contributed by atoms with Crippen LogP contribution in [-0.4, -0.2) is 24.5 Å². The Balaban J connectivity index is 1.21. The average molecular weight is 704 g/mol. The van der Waals surface area contributed by atoms with Crippen LogP contribution >= 0.6 is 0 Å². The molecule has 0 fully saturated rings. The summed E-state index contributed by atoms with van der Waals surface area (Å²) >= 11 is 0. The molecule has 3 aromatic heterocycles. The van der Waals surface area contributed by atoms with Crippen molar-refractivity contribution < 1.29 is 0 Å². The van der Waals surface area contributed by atoms with E-state index in [-0.39, 0.29) is 0 Å². The molecule has 0 amide bonds. The van der Waals surface area contributed by atoms with E-state index in [9.17, 15) is 0 Å². The molecular weight excluding hydrogens is 671 g/mol. The predicted octanol–water partition coefficient (Wildman–Crippen LogP) is 12.4. The molecule has 5 heteroatoms. The fraction of sp³-hybridized carbons (Fsp3) is 0. The number of aromatic nitrogens is 5. The van der Waals surface area contributed by atoms with Crippen molar-refractivity contribution in [3.05, 3.63) is 200 Å². The number of hydrogen-bond donors (Lipinski definition) is 0. The fourth-order valence-corrected chi connectivity index (χ4v) is 7.47. The van der Waals surface area contributed by atoms with Gasteiger partial charge in [0.05, 0.1) is 16.7 Å². The van der Waals surface area contributed by atoms with Gasteiger partial charge in [0.1, 0.15) is 0 Å². The molecule has 5 nitrogen and oxygen atoms in total. The normalized spacial score (nSPS) is 11.3. The van der Waals surface area contributed by atoms with Crippen LogP contribution in [0.15, 0.2) is 200 Å². The van der Waals surface area contributed by atoms with Gasteiger partial charge in [-0.15, -0.1) is 0 Å². The van der Waals surface area contributed by atoms with E-state index in [1.807, 2.05) is 73.1 Å². The van der Waals surface area contributed by atoms with Crippen molar-refractivity contribution in [2.24, 2.45) is 0 Å². The zero-order valence-corrected chi connectivity index (χ0v) is 29.8. The van der Waals surface area contributed by atoms with E-state index in [0.717, 1.165) is 44.5 Å². The van der Waals surface area contributed by atoms with Crippen LogP contribution in [0, 0.1) is 0 Å². The SMILES string of the molecule is c1ccc(-c2ccc3c(c2)c2cc(-c4ccccc4)ccc2n3-c2ccc(-c3nc(-c4ccccc4)nc(-c4ccccc4)n3)cc2-c2ccncc2)cc1. The van der Waals surface area contributed by atoms with Crippen molar-refractivity contribution in [2.45, 2.75) is 0 Å². The highest BCUT2D eigenvalue weighted by molar-refractivity contribution is 6.12. The molecule has 55 heavy (non-hydrogen) atoms. The lowest BCUT2D eigenvalue weighted by Crippen LogP contribution is -2.02. The van der Waals surface area contributed by atoms with E-state index in [0.29, 0.717) is 17.5 Å². The van der Waals surface area contributed by atoms with Crippen molar-refractivity contribution in [2.75, 3.05) is 0 Å². The molecule has 0 spiro atoms. The molecule has 0 radical (unpaired) electrons. The summed E-state index contributed by atoms with van der Waals surface area (Å²) in [6.45, 7) is 0. The third-order valence-electron chi connectivity index (χ3n) is 10.2. The minimum Gasteiger partial charge on any atom is -0.309 e. The highest BCUT2D eigenvalue weighted by Gasteiger charge is 2.20. The lowest BCUT2D eigenvalue weighted by molar-refractivity contribution is 1.07. The van der Waals surface area contributed by atoms with E-state index in [1.165, 1.54) is 33.0 Å². The van der Waals surface area contributed by atoms with Crippen molar-refractivity contribution in [3.8, 4) is 73.2 Å². The molecule has 0 saturated heterocycles. The van der Waals surface area contributed by atoms with Crippen molar-refractivity contribution in [1.82, 2.24) is 24.5 Å². The monoisotopic (exact) mass is 703 g/mol. The van der Waals surface area contributed by atoms with Crippen molar-refractivity contribution >= 4 is 21.8 Å². The van der Waals surface area contributed by atoms with Gasteiger partial charge in [0.2, 0.25) is 0 Å². The number of benzene rings is 7. The molecule has 0 saturated carbocycles. The van der Waals surface area contributed by atoms with Gasteiger partial charge in [-0.05, 0) is 82.4 Å². The first-order valence-electron chi connectivity index (χ1n) is 18.4. The Labute approximate surface area is 318 Å². The minimum absolute atomic E-state index is 0.608. The molecule has 7 aromatic carbocycles. The molecule has 0 aliphatic carbocycles. The number of fused-ring (bicyclic) bond motifs is 3. The minimum atomic E-state index is 0.608. The van der Waals surface area contributed by atoms with E-state index in [2.05, 4.69) is 137 Å². The van der Waals surface area contributed by atoms with E-state index >= 15 is 0 Å². The van der Waals surface area contributed by atoms with Gasteiger partial charge in [-0.3, -0.25) is 4.98 Å². The highest BCUT2D eigenvalue weighted by atomic mass is 15.0. The number of nitrogens with zero attached hydrogens (tertiary/aromatic N) is 5. The van der Waals surface area contributed by atoms with Crippen LogP contribution in [0.4, 0.5) is 0 Å². The highest BCUT2D eigenvalue weighted by Crippen LogP contribution is 2.40. The van der Waals surface area contributed by atoms with E-state index in [1.54, 1.807) is 0 Å². The Bertz CT molecular complexity index is 2790. The molecular formula is C50H33N5.